The summed E-state index contributed by atoms with van der Waals surface area (Å²) in [6.07, 6.45) is 0. The molecule has 22 heavy (non-hydrogen) atoms. The number of ether oxygens (including phenoxy) is 1. The Morgan fingerprint density at radius 1 is 1.36 bits per heavy atom. The zero-order valence-electron chi connectivity index (χ0n) is 12.8. The predicted molar refractivity (Wildman–Crippen MR) is 90.7 cm³/mol. The summed E-state index contributed by atoms with van der Waals surface area (Å²) in [4.78, 5) is 18.0. The van der Waals surface area contributed by atoms with E-state index in [1.54, 1.807) is 25.1 Å². The van der Waals surface area contributed by atoms with E-state index in [1.165, 1.54) is 0 Å². The zero-order valence-corrected chi connectivity index (χ0v) is 14.3. The van der Waals surface area contributed by atoms with Gasteiger partial charge in [-0.25, -0.2) is 4.79 Å². The van der Waals surface area contributed by atoms with Crippen molar-refractivity contribution in [3.8, 4) is 0 Å². The second kappa shape index (κ2) is 9.50. The van der Waals surface area contributed by atoms with Crippen LogP contribution in [-0.2, 0) is 9.53 Å². The van der Waals surface area contributed by atoms with E-state index in [0.29, 0.717) is 28.8 Å². The summed E-state index contributed by atoms with van der Waals surface area (Å²) >= 11 is 12.0. The molecule has 0 atom stereocenters. The monoisotopic (exact) mass is 346 g/mol. The fourth-order valence-corrected chi connectivity index (χ4v) is 1.77. The minimum absolute atomic E-state index is 0.0831. The largest absolute Gasteiger partial charge is 0.460 e. The van der Waals surface area contributed by atoms with Crippen molar-refractivity contribution in [2.45, 2.75) is 6.92 Å². The lowest BCUT2D eigenvalue weighted by molar-refractivity contribution is -0.135. The summed E-state index contributed by atoms with van der Waals surface area (Å²) in [6, 6.07) is 4.97. The number of carbonyl (C=O) groups excluding carboxylic acids is 1. The van der Waals surface area contributed by atoms with Gasteiger partial charge in [-0.05, 0) is 39.2 Å². The lowest BCUT2D eigenvalue weighted by Crippen LogP contribution is -2.37. The number of esters is 1. The molecule has 0 heterocycles. The Balaban J connectivity index is 2.75. The standard InChI is InChI=1S/C14H20Cl2N4O2/c1-4-22-14(21)13(17-7-8-20(2)3)19-18-12-9-10(15)5-6-11(12)16/h5-6,9,18H,4,7-8H2,1-3H3,(H,17,19). The lowest BCUT2D eigenvalue weighted by atomic mass is 10.3. The maximum atomic E-state index is 11.9. The molecule has 122 valence electrons. The second-order valence-corrected chi connectivity index (χ2v) is 5.47. The molecule has 0 amide bonds. The van der Waals surface area contributed by atoms with Crippen LogP contribution in [0.2, 0.25) is 10.0 Å². The smallest absolute Gasteiger partial charge is 0.375 e. The molecule has 0 bridgehead atoms. The number of hydrogen-bond donors (Lipinski definition) is 2. The normalized spacial score (nSPS) is 11.5. The van der Waals surface area contributed by atoms with Crippen molar-refractivity contribution in [1.29, 1.82) is 0 Å². The van der Waals surface area contributed by atoms with E-state index >= 15 is 0 Å². The van der Waals surface area contributed by atoms with E-state index in [-0.39, 0.29) is 12.4 Å². The number of rotatable bonds is 6. The summed E-state index contributed by atoms with van der Waals surface area (Å²) in [5.41, 5.74) is 6.09. The molecule has 0 aliphatic heterocycles. The highest BCUT2D eigenvalue weighted by atomic mass is 35.5. The van der Waals surface area contributed by atoms with Crippen molar-refractivity contribution < 1.29 is 9.53 Å². The first-order chi connectivity index (χ1) is 10.4. The first-order valence-electron chi connectivity index (χ1n) is 6.77. The topological polar surface area (TPSA) is 66.0 Å². The number of benzene rings is 1. The first kappa shape index (κ1) is 18.5. The van der Waals surface area contributed by atoms with Gasteiger partial charge in [0.15, 0.2) is 0 Å². The summed E-state index contributed by atoms with van der Waals surface area (Å²) < 4.78 is 4.96. The number of nitrogens with zero attached hydrogens (tertiary/aromatic N) is 2. The van der Waals surface area contributed by atoms with Crippen LogP contribution in [0, 0.1) is 0 Å². The van der Waals surface area contributed by atoms with Crippen LogP contribution < -0.4 is 10.9 Å². The molecule has 0 saturated heterocycles. The number of amidine groups is 1. The zero-order chi connectivity index (χ0) is 16.5. The molecular weight excluding hydrogens is 327 g/mol. The van der Waals surface area contributed by atoms with Crippen LogP contribution >= 0.6 is 23.2 Å². The van der Waals surface area contributed by atoms with Crippen LogP contribution in [0.15, 0.2) is 23.2 Å². The molecule has 1 rings (SSSR count). The van der Waals surface area contributed by atoms with Crippen molar-refractivity contribution in [3.05, 3.63) is 28.2 Å². The van der Waals surface area contributed by atoms with E-state index in [4.69, 9.17) is 27.9 Å². The van der Waals surface area contributed by atoms with Gasteiger partial charge >= 0.3 is 5.97 Å². The Morgan fingerprint density at radius 2 is 2.09 bits per heavy atom. The van der Waals surface area contributed by atoms with Crippen LogP contribution in [0.1, 0.15) is 6.92 Å². The highest BCUT2D eigenvalue weighted by molar-refractivity contribution is 6.36. The number of anilines is 1. The molecular formula is C14H20Cl2N4O2. The fourth-order valence-electron chi connectivity index (χ4n) is 1.44. The van der Waals surface area contributed by atoms with Gasteiger partial charge in [-0.3, -0.25) is 15.8 Å². The van der Waals surface area contributed by atoms with Crippen LogP contribution in [0.4, 0.5) is 5.69 Å². The fraction of sp³-hybridized carbons (Fsp3) is 0.429. The average molecular weight is 347 g/mol. The first-order valence-corrected chi connectivity index (χ1v) is 7.53. The molecule has 0 saturated carbocycles. The highest BCUT2D eigenvalue weighted by Crippen LogP contribution is 2.24. The van der Waals surface area contributed by atoms with Gasteiger partial charge < -0.3 is 9.64 Å². The minimum Gasteiger partial charge on any atom is -0.460 e. The summed E-state index contributed by atoms with van der Waals surface area (Å²) in [6.45, 7) is 3.17. The number of hydrazine groups is 1. The summed E-state index contributed by atoms with van der Waals surface area (Å²) in [5.74, 6) is -0.452. The highest BCUT2D eigenvalue weighted by Gasteiger charge is 2.13. The molecule has 2 N–H and O–H groups in total. The molecule has 0 fully saturated rings. The minimum atomic E-state index is -0.535. The number of likely N-dealkylation sites (N-methyl/N-ethyl adjacent to an activating group) is 1. The van der Waals surface area contributed by atoms with Crippen molar-refractivity contribution in [2.75, 3.05) is 39.2 Å². The molecule has 0 aromatic heterocycles. The van der Waals surface area contributed by atoms with Gasteiger partial charge in [0, 0.05) is 11.6 Å². The van der Waals surface area contributed by atoms with Gasteiger partial charge in [-0.1, -0.05) is 23.2 Å². The van der Waals surface area contributed by atoms with Gasteiger partial charge in [0.25, 0.3) is 0 Å². The van der Waals surface area contributed by atoms with Crippen molar-refractivity contribution in [3.63, 3.8) is 0 Å². The van der Waals surface area contributed by atoms with E-state index in [2.05, 4.69) is 15.8 Å². The molecule has 0 spiro atoms. The Labute approximate surface area is 140 Å². The molecule has 0 aliphatic rings. The summed E-state index contributed by atoms with van der Waals surface area (Å²) in [5, 5.41) is 0.990. The molecule has 1 aromatic rings. The number of aliphatic imine (C=N–C) groups is 1. The van der Waals surface area contributed by atoms with Crippen molar-refractivity contribution >= 4 is 40.7 Å². The number of hydrogen-bond acceptors (Lipinski definition) is 5. The van der Waals surface area contributed by atoms with Gasteiger partial charge in [0.2, 0.25) is 5.84 Å². The predicted octanol–water partition coefficient (Wildman–Crippen LogP) is 2.43. The van der Waals surface area contributed by atoms with E-state index in [0.717, 1.165) is 0 Å². The van der Waals surface area contributed by atoms with Crippen LogP contribution in [0.3, 0.4) is 0 Å². The van der Waals surface area contributed by atoms with E-state index < -0.39 is 5.97 Å². The van der Waals surface area contributed by atoms with Gasteiger partial charge in [0.1, 0.15) is 0 Å². The Bertz CT molecular complexity index is 536. The molecule has 1 aromatic carbocycles. The maximum Gasteiger partial charge on any atom is 0.375 e. The Kier molecular flexibility index (Phi) is 8.01. The number of halogens is 2. The third-order valence-electron chi connectivity index (χ3n) is 2.53. The quantitative estimate of drug-likeness (QED) is 0.358. The third-order valence-corrected chi connectivity index (χ3v) is 3.09. The van der Waals surface area contributed by atoms with E-state index in [9.17, 15) is 4.79 Å². The van der Waals surface area contributed by atoms with Gasteiger partial charge in [-0.2, -0.15) is 0 Å². The second-order valence-electron chi connectivity index (χ2n) is 4.63. The van der Waals surface area contributed by atoms with Crippen LogP contribution in [0.25, 0.3) is 0 Å². The summed E-state index contributed by atoms with van der Waals surface area (Å²) in [7, 11) is 3.86. The third kappa shape index (κ3) is 6.51. The van der Waals surface area contributed by atoms with Crippen LogP contribution in [0.5, 0.6) is 0 Å². The van der Waals surface area contributed by atoms with Gasteiger partial charge in [0.05, 0.1) is 23.9 Å². The number of nitrogens with one attached hydrogen (secondary N) is 2. The molecule has 0 radical (unpaired) electrons. The Morgan fingerprint density at radius 3 is 2.73 bits per heavy atom. The molecule has 0 unspecified atom stereocenters. The average Bonchev–Trinajstić information content (AvgIpc) is 2.45. The van der Waals surface area contributed by atoms with Gasteiger partial charge in [-0.15, -0.1) is 0 Å². The lowest BCUT2D eigenvalue weighted by Gasteiger charge is -2.13. The van der Waals surface area contributed by atoms with Crippen molar-refractivity contribution in [2.24, 2.45) is 4.99 Å². The number of carbonyl (C=O) groups is 1. The van der Waals surface area contributed by atoms with Crippen molar-refractivity contribution in [1.82, 2.24) is 10.3 Å². The SMILES string of the molecule is CCOC(=O)C(=NCCN(C)C)NNc1cc(Cl)ccc1Cl. The maximum absolute atomic E-state index is 11.9. The molecule has 8 heteroatoms. The van der Waals surface area contributed by atoms with E-state index in [1.807, 2.05) is 19.0 Å². The molecule has 6 nitrogen and oxygen atoms in total. The molecule has 0 aliphatic carbocycles. The van der Waals surface area contributed by atoms with Crippen LogP contribution in [-0.4, -0.2) is 50.5 Å². The Hall–Kier alpha value is -1.50.